The molecule has 0 saturated heterocycles. The molecule has 0 spiro atoms. The van der Waals surface area contributed by atoms with E-state index < -0.39 is 12.1 Å². The molecule has 3 aromatic carbocycles. The Morgan fingerprint density at radius 3 is 1.89 bits per heavy atom. The average molecular weight is 374 g/mol. The van der Waals surface area contributed by atoms with Crippen molar-refractivity contribution in [2.24, 2.45) is 5.73 Å². The quantitative estimate of drug-likeness (QED) is 0.508. The van der Waals surface area contributed by atoms with Crippen molar-refractivity contribution in [3.05, 3.63) is 90.5 Å². The first-order valence-electron chi connectivity index (χ1n) is 8.93. The average Bonchev–Trinajstić information content (AvgIpc) is 2.70. The molecular formula is C22H22N4O2. The van der Waals surface area contributed by atoms with Gasteiger partial charge >= 0.3 is 6.03 Å². The number of para-hydroxylation sites is 1. The van der Waals surface area contributed by atoms with E-state index in [4.69, 9.17) is 5.73 Å². The molecule has 3 rings (SSSR count). The Kier molecular flexibility index (Phi) is 6.25. The summed E-state index contributed by atoms with van der Waals surface area (Å²) in [7, 11) is 0. The van der Waals surface area contributed by atoms with Gasteiger partial charge < -0.3 is 21.7 Å². The Morgan fingerprint density at radius 1 is 0.750 bits per heavy atom. The van der Waals surface area contributed by atoms with Crippen molar-refractivity contribution in [2.45, 2.75) is 12.5 Å². The highest BCUT2D eigenvalue weighted by molar-refractivity contribution is 5.97. The van der Waals surface area contributed by atoms with Crippen molar-refractivity contribution < 1.29 is 9.59 Å². The Balaban J connectivity index is 1.64. The van der Waals surface area contributed by atoms with Gasteiger partial charge in [-0.2, -0.15) is 0 Å². The fraction of sp³-hybridized carbons (Fsp3) is 0.0909. The fourth-order valence-electron chi connectivity index (χ4n) is 2.79. The van der Waals surface area contributed by atoms with E-state index >= 15 is 0 Å². The van der Waals surface area contributed by atoms with Gasteiger partial charge in [0.05, 0.1) is 0 Å². The van der Waals surface area contributed by atoms with Crippen molar-refractivity contribution >= 4 is 29.0 Å². The number of carbonyl (C=O) groups is 2. The molecule has 0 radical (unpaired) electrons. The molecule has 0 saturated carbocycles. The van der Waals surface area contributed by atoms with Crippen molar-refractivity contribution in [1.29, 1.82) is 0 Å². The predicted molar refractivity (Wildman–Crippen MR) is 111 cm³/mol. The first kappa shape index (κ1) is 19.0. The van der Waals surface area contributed by atoms with Crippen LogP contribution in [0.15, 0.2) is 84.9 Å². The van der Waals surface area contributed by atoms with E-state index in [-0.39, 0.29) is 5.91 Å². The normalized spacial score (nSPS) is 11.3. The lowest BCUT2D eigenvalue weighted by atomic mass is 10.1. The van der Waals surface area contributed by atoms with Crippen molar-refractivity contribution in [1.82, 2.24) is 5.32 Å². The second-order valence-corrected chi connectivity index (χ2v) is 6.31. The van der Waals surface area contributed by atoms with E-state index in [0.717, 1.165) is 16.9 Å². The maximum atomic E-state index is 12.6. The minimum atomic E-state index is -0.762. The number of benzene rings is 3. The number of urea groups is 1. The minimum Gasteiger partial charge on any atom is -0.356 e. The smallest absolute Gasteiger partial charge is 0.312 e. The summed E-state index contributed by atoms with van der Waals surface area (Å²) in [5.74, 6) is -0.327. The van der Waals surface area contributed by atoms with Gasteiger partial charge in [0.15, 0.2) is 0 Å². The van der Waals surface area contributed by atoms with Gasteiger partial charge in [-0.1, -0.05) is 48.5 Å². The molecule has 1 unspecified atom stereocenters. The number of hydrogen-bond acceptors (Lipinski definition) is 3. The van der Waals surface area contributed by atoms with Gasteiger partial charge in [0.25, 0.3) is 0 Å². The Hall–Kier alpha value is -3.80. The maximum absolute atomic E-state index is 12.6. The van der Waals surface area contributed by atoms with E-state index in [2.05, 4.69) is 16.0 Å². The lowest BCUT2D eigenvalue weighted by Gasteiger charge is -2.17. The SMILES string of the molecule is NC(=O)NC(Cc1ccccc1)C(=O)Nc1ccc(Nc2ccccc2)cc1. The first-order chi connectivity index (χ1) is 13.6. The molecular weight excluding hydrogens is 352 g/mol. The summed E-state index contributed by atoms with van der Waals surface area (Å²) in [6, 6.07) is 25.1. The summed E-state index contributed by atoms with van der Waals surface area (Å²) < 4.78 is 0. The van der Waals surface area contributed by atoms with Crippen molar-refractivity contribution in [2.75, 3.05) is 10.6 Å². The van der Waals surface area contributed by atoms with Gasteiger partial charge in [-0.25, -0.2) is 4.79 Å². The molecule has 0 aliphatic rings. The number of amides is 3. The van der Waals surface area contributed by atoms with Crippen LogP contribution in [0.25, 0.3) is 0 Å². The predicted octanol–water partition coefficient (Wildman–Crippen LogP) is 3.65. The van der Waals surface area contributed by atoms with Gasteiger partial charge in [0, 0.05) is 23.5 Å². The maximum Gasteiger partial charge on any atom is 0.312 e. The van der Waals surface area contributed by atoms with Crippen LogP contribution in [0.4, 0.5) is 21.9 Å². The Labute approximate surface area is 163 Å². The summed E-state index contributed by atoms with van der Waals surface area (Å²) in [5.41, 5.74) is 8.68. The molecule has 3 amide bonds. The molecule has 0 bridgehead atoms. The van der Waals surface area contributed by atoms with E-state index in [9.17, 15) is 9.59 Å². The molecule has 0 aliphatic carbocycles. The van der Waals surface area contributed by atoms with E-state index in [1.807, 2.05) is 72.8 Å². The van der Waals surface area contributed by atoms with E-state index in [0.29, 0.717) is 12.1 Å². The first-order valence-corrected chi connectivity index (χ1v) is 8.93. The van der Waals surface area contributed by atoms with Gasteiger partial charge in [-0.3, -0.25) is 4.79 Å². The molecule has 0 fully saturated rings. The second-order valence-electron chi connectivity index (χ2n) is 6.31. The van der Waals surface area contributed by atoms with E-state index in [1.165, 1.54) is 0 Å². The van der Waals surface area contributed by atoms with E-state index in [1.54, 1.807) is 12.1 Å². The summed E-state index contributed by atoms with van der Waals surface area (Å²) in [6.45, 7) is 0. The number of primary amides is 1. The van der Waals surface area contributed by atoms with Crippen LogP contribution < -0.4 is 21.7 Å². The molecule has 6 nitrogen and oxygen atoms in total. The van der Waals surface area contributed by atoms with Crippen LogP contribution in [0.3, 0.4) is 0 Å². The van der Waals surface area contributed by atoms with Crippen molar-refractivity contribution in [3.63, 3.8) is 0 Å². The van der Waals surface area contributed by atoms with Gasteiger partial charge in [0.2, 0.25) is 5.91 Å². The molecule has 28 heavy (non-hydrogen) atoms. The van der Waals surface area contributed by atoms with Crippen LogP contribution in [-0.2, 0) is 11.2 Å². The molecule has 0 heterocycles. The third kappa shape index (κ3) is 5.60. The summed E-state index contributed by atoms with van der Waals surface area (Å²) in [4.78, 5) is 23.9. The van der Waals surface area contributed by atoms with Crippen LogP contribution in [-0.4, -0.2) is 18.0 Å². The molecule has 0 aromatic heterocycles. The zero-order valence-corrected chi connectivity index (χ0v) is 15.3. The zero-order chi connectivity index (χ0) is 19.8. The number of nitrogens with one attached hydrogen (secondary N) is 3. The minimum absolute atomic E-state index is 0.327. The molecule has 6 heteroatoms. The summed E-state index contributed by atoms with van der Waals surface area (Å²) >= 11 is 0. The third-order valence-electron chi connectivity index (χ3n) is 4.13. The Bertz CT molecular complexity index is 912. The standard InChI is InChI=1S/C22H22N4O2/c23-22(28)26-20(15-16-7-3-1-4-8-16)21(27)25-19-13-11-18(12-14-19)24-17-9-5-2-6-10-17/h1-14,20,24H,15H2,(H,25,27)(H3,23,26,28). The number of anilines is 3. The van der Waals surface area contributed by atoms with Gasteiger partial charge in [0.1, 0.15) is 6.04 Å². The highest BCUT2D eigenvalue weighted by Gasteiger charge is 2.20. The summed E-state index contributed by atoms with van der Waals surface area (Å²) in [6.07, 6.45) is 0.350. The largest absolute Gasteiger partial charge is 0.356 e. The lowest BCUT2D eigenvalue weighted by molar-refractivity contribution is -0.117. The number of nitrogens with two attached hydrogens (primary N) is 1. The molecule has 0 aliphatic heterocycles. The molecule has 3 aromatic rings. The number of rotatable bonds is 7. The molecule has 1 atom stereocenters. The zero-order valence-electron chi connectivity index (χ0n) is 15.3. The monoisotopic (exact) mass is 374 g/mol. The molecule has 5 N–H and O–H groups in total. The van der Waals surface area contributed by atoms with Crippen LogP contribution in [0.5, 0.6) is 0 Å². The summed E-state index contributed by atoms with van der Waals surface area (Å²) in [5, 5.41) is 8.61. The van der Waals surface area contributed by atoms with Crippen LogP contribution in [0.2, 0.25) is 0 Å². The highest BCUT2D eigenvalue weighted by atomic mass is 16.2. The number of hydrogen-bond donors (Lipinski definition) is 4. The lowest BCUT2D eigenvalue weighted by Crippen LogP contribution is -2.47. The fourth-order valence-corrected chi connectivity index (χ4v) is 2.79. The third-order valence-corrected chi connectivity index (χ3v) is 4.13. The highest BCUT2D eigenvalue weighted by Crippen LogP contribution is 2.19. The molecule has 142 valence electrons. The van der Waals surface area contributed by atoms with Gasteiger partial charge in [-0.15, -0.1) is 0 Å². The van der Waals surface area contributed by atoms with Crippen molar-refractivity contribution in [3.8, 4) is 0 Å². The van der Waals surface area contributed by atoms with Gasteiger partial charge in [-0.05, 0) is 42.0 Å². The van der Waals surface area contributed by atoms with Crippen LogP contribution in [0, 0.1) is 0 Å². The van der Waals surface area contributed by atoms with Crippen LogP contribution >= 0.6 is 0 Å². The Morgan fingerprint density at radius 2 is 1.29 bits per heavy atom. The topological polar surface area (TPSA) is 96.2 Å². The number of carbonyl (C=O) groups excluding carboxylic acids is 2. The van der Waals surface area contributed by atoms with Crippen LogP contribution in [0.1, 0.15) is 5.56 Å². The second kappa shape index (κ2) is 9.23.